The molecule has 4 heteroatoms. The summed E-state index contributed by atoms with van der Waals surface area (Å²) in [6, 6.07) is 0. The summed E-state index contributed by atoms with van der Waals surface area (Å²) in [6.45, 7) is 3.85. The molecule has 0 spiro atoms. The van der Waals surface area contributed by atoms with Crippen molar-refractivity contribution in [1.29, 1.82) is 0 Å². The fourth-order valence-electron chi connectivity index (χ4n) is 2.11. The van der Waals surface area contributed by atoms with Gasteiger partial charge in [-0.3, -0.25) is 0 Å². The maximum absolute atomic E-state index is 12.0. The molecule has 1 aliphatic carbocycles. The lowest BCUT2D eigenvalue weighted by Gasteiger charge is -2.18. The number of fused-ring (bicyclic) bond motifs is 2. The van der Waals surface area contributed by atoms with E-state index in [-0.39, 0.29) is 18.2 Å². The van der Waals surface area contributed by atoms with Crippen LogP contribution in [0.5, 0.6) is 0 Å². The Morgan fingerprint density at radius 3 is 2.67 bits per heavy atom. The quantitative estimate of drug-likeness (QED) is 0.671. The maximum Gasteiger partial charge on any atom is 0.334 e. The normalized spacial score (nSPS) is 28.2. The Morgan fingerprint density at radius 1 is 1.22 bits per heavy atom. The number of hydrogen-bond acceptors (Lipinski definition) is 4. The second kappa shape index (κ2) is 5.29. The molecule has 1 saturated heterocycles. The molecule has 98 valence electrons. The molecule has 2 rings (SSSR count). The van der Waals surface area contributed by atoms with Crippen LogP contribution in [0.25, 0.3) is 0 Å². The number of methoxy groups -OCH3 is 1. The van der Waals surface area contributed by atoms with Gasteiger partial charge in [-0.05, 0) is 26.0 Å². The van der Waals surface area contributed by atoms with Crippen molar-refractivity contribution in [2.45, 2.75) is 38.9 Å². The van der Waals surface area contributed by atoms with E-state index in [1.165, 1.54) is 0 Å². The molecular weight excluding hydrogens is 232 g/mol. The van der Waals surface area contributed by atoms with Crippen LogP contribution in [0.2, 0.25) is 0 Å². The predicted octanol–water partition coefficient (Wildman–Crippen LogP) is 2.47. The van der Waals surface area contributed by atoms with Crippen molar-refractivity contribution in [1.82, 2.24) is 0 Å². The highest BCUT2D eigenvalue weighted by atomic mass is 16.5. The Balaban J connectivity index is 2.34. The first-order valence-electron chi connectivity index (χ1n) is 6.11. The van der Waals surface area contributed by atoms with E-state index >= 15 is 0 Å². The fraction of sp³-hybridized carbons (Fsp3) is 0.500. The summed E-state index contributed by atoms with van der Waals surface area (Å²) in [4.78, 5) is 12.0. The predicted molar refractivity (Wildman–Crippen MR) is 66.6 cm³/mol. The van der Waals surface area contributed by atoms with Gasteiger partial charge in [0.25, 0.3) is 0 Å². The third kappa shape index (κ3) is 2.94. The number of ether oxygens (including phenoxy) is 3. The summed E-state index contributed by atoms with van der Waals surface area (Å²) < 4.78 is 16.4. The lowest BCUT2D eigenvalue weighted by atomic mass is 10.1. The van der Waals surface area contributed by atoms with E-state index in [1.807, 2.05) is 19.9 Å². The summed E-state index contributed by atoms with van der Waals surface area (Å²) in [5, 5.41) is 0. The van der Waals surface area contributed by atoms with E-state index in [1.54, 1.807) is 19.3 Å². The molecular formula is C14H18O4. The SMILES string of the molecule is COC1=CC=C2CC(=C1)O[C@@H](C)C[C@@H](C)OC2=O. The van der Waals surface area contributed by atoms with Crippen LogP contribution in [0.1, 0.15) is 26.7 Å². The van der Waals surface area contributed by atoms with Crippen molar-refractivity contribution in [3.63, 3.8) is 0 Å². The van der Waals surface area contributed by atoms with E-state index in [4.69, 9.17) is 14.2 Å². The van der Waals surface area contributed by atoms with Crippen LogP contribution < -0.4 is 0 Å². The number of allylic oxidation sites excluding steroid dienone is 4. The summed E-state index contributed by atoms with van der Waals surface area (Å²) in [6.07, 6.45) is 6.31. The van der Waals surface area contributed by atoms with Crippen LogP contribution in [-0.4, -0.2) is 25.3 Å². The van der Waals surface area contributed by atoms with Crippen LogP contribution in [0, 0.1) is 0 Å². The zero-order valence-electron chi connectivity index (χ0n) is 10.9. The fourth-order valence-corrected chi connectivity index (χ4v) is 2.11. The van der Waals surface area contributed by atoms with Gasteiger partial charge in [-0.15, -0.1) is 0 Å². The van der Waals surface area contributed by atoms with Gasteiger partial charge in [0.1, 0.15) is 17.6 Å². The Bertz CT molecular complexity index is 431. The minimum atomic E-state index is -0.278. The largest absolute Gasteiger partial charge is 0.497 e. The molecule has 1 heterocycles. The monoisotopic (exact) mass is 250 g/mol. The van der Waals surface area contributed by atoms with E-state index in [0.717, 1.165) is 5.76 Å². The average molecular weight is 250 g/mol. The first kappa shape index (κ1) is 12.7. The average Bonchev–Trinajstić information content (AvgIpc) is 2.47. The highest BCUT2D eigenvalue weighted by molar-refractivity contribution is 5.89. The van der Waals surface area contributed by atoms with Gasteiger partial charge in [0.2, 0.25) is 0 Å². The van der Waals surface area contributed by atoms with Gasteiger partial charge in [-0.25, -0.2) is 4.79 Å². The van der Waals surface area contributed by atoms with Gasteiger partial charge < -0.3 is 14.2 Å². The molecule has 0 amide bonds. The molecule has 0 N–H and O–H groups in total. The van der Waals surface area contributed by atoms with Crippen molar-refractivity contribution in [3.05, 3.63) is 35.3 Å². The molecule has 1 aliphatic heterocycles. The minimum Gasteiger partial charge on any atom is -0.497 e. The lowest BCUT2D eigenvalue weighted by Crippen LogP contribution is -2.19. The molecule has 18 heavy (non-hydrogen) atoms. The van der Waals surface area contributed by atoms with Crippen LogP contribution in [-0.2, 0) is 19.0 Å². The smallest absolute Gasteiger partial charge is 0.334 e. The Hall–Kier alpha value is -1.71. The molecule has 0 unspecified atom stereocenters. The molecule has 0 aromatic heterocycles. The molecule has 1 fully saturated rings. The minimum absolute atomic E-state index is 0.00889. The molecule has 0 saturated carbocycles. The Morgan fingerprint density at radius 2 is 1.94 bits per heavy atom. The second-order valence-electron chi connectivity index (χ2n) is 4.63. The summed E-state index contributed by atoms with van der Waals surface area (Å²) in [7, 11) is 1.59. The topological polar surface area (TPSA) is 44.8 Å². The summed E-state index contributed by atoms with van der Waals surface area (Å²) >= 11 is 0. The third-order valence-electron chi connectivity index (χ3n) is 2.94. The summed E-state index contributed by atoms with van der Waals surface area (Å²) in [5.41, 5.74) is 0.592. The van der Waals surface area contributed by atoms with Crippen molar-refractivity contribution >= 4 is 5.97 Å². The third-order valence-corrected chi connectivity index (χ3v) is 2.94. The molecule has 2 aliphatic rings. The van der Waals surface area contributed by atoms with Crippen molar-refractivity contribution in [2.24, 2.45) is 0 Å². The van der Waals surface area contributed by atoms with Crippen LogP contribution >= 0.6 is 0 Å². The van der Waals surface area contributed by atoms with Crippen molar-refractivity contribution < 1.29 is 19.0 Å². The standard InChI is InChI=1S/C14H18O4/c1-9-6-10(2)18-14(15)11-4-5-12(16-3)8-13(7-11)17-9/h4-5,8-10H,6-7H2,1-3H3/t9-,10+/m0/s1. The molecule has 2 bridgehead atoms. The van der Waals surface area contributed by atoms with Gasteiger partial charge >= 0.3 is 5.97 Å². The summed E-state index contributed by atoms with van der Waals surface area (Å²) in [5.74, 6) is 1.14. The Labute approximate surface area is 107 Å². The van der Waals surface area contributed by atoms with Gasteiger partial charge in [-0.1, -0.05) is 0 Å². The number of hydrogen-bond donors (Lipinski definition) is 0. The molecule has 0 radical (unpaired) electrons. The van der Waals surface area contributed by atoms with E-state index in [0.29, 0.717) is 24.2 Å². The first-order valence-corrected chi connectivity index (χ1v) is 6.11. The lowest BCUT2D eigenvalue weighted by molar-refractivity contribution is -0.144. The highest BCUT2D eigenvalue weighted by Gasteiger charge is 2.24. The highest BCUT2D eigenvalue weighted by Crippen LogP contribution is 2.25. The second-order valence-corrected chi connectivity index (χ2v) is 4.63. The number of carbonyl (C=O) groups excluding carboxylic acids is 1. The number of rotatable bonds is 1. The number of carbonyl (C=O) groups is 1. The van der Waals surface area contributed by atoms with Crippen molar-refractivity contribution in [3.8, 4) is 0 Å². The molecule has 4 nitrogen and oxygen atoms in total. The van der Waals surface area contributed by atoms with E-state index < -0.39 is 0 Å². The number of esters is 1. The Kier molecular flexibility index (Phi) is 3.75. The molecule has 0 aromatic carbocycles. The van der Waals surface area contributed by atoms with Gasteiger partial charge in [-0.2, -0.15) is 0 Å². The van der Waals surface area contributed by atoms with E-state index in [2.05, 4.69) is 0 Å². The van der Waals surface area contributed by atoms with Gasteiger partial charge in [0.05, 0.1) is 13.2 Å². The zero-order chi connectivity index (χ0) is 13.1. The van der Waals surface area contributed by atoms with Crippen LogP contribution in [0.4, 0.5) is 0 Å². The van der Waals surface area contributed by atoms with Crippen LogP contribution in [0.3, 0.4) is 0 Å². The van der Waals surface area contributed by atoms with Crippen molar-refractivity contribution in [2.75, 3.05) is 7.11 Å². The number of cyclic esters (lactones) is 1. The van der Waals surface area contributed by atoms with E-state index in [9.17, 15) is 4.79 Å². The van der Waals surface area contributed by atoms with Gasteiger partial charge in [0.15, 0.2) is 0 Å². The first-order chi connectivity index (χ1) is 8.58. The van der Waals surface area contributed by atoms with Crippen LogP contribution in [0.15, 0.2) is 35.3 Å². The molecule has 0 aromatic rings. The maximum atomic E-state index is 12.0. The van der Waals surface area contributed by atoms with Gasteiger partial charge in [0, 0.05) is 24.5 Å². The zero-order valence-corrected chi connectivity index (χ0v) is 10.9. The molecule has 2 atom stereocenters.